The summed E-state index contributed by atoms with van der Waals surface area (Å²) in [4.78, 5) is 0. The molecule has 1 rings (SSSR count). The van der Waals surface area contributed by atoms with E-state index < -0.39 is 0 Å². The SMILES string of the molecule is CC(C)CCCCCCCCCc1cccc(O)c1. The molecule has 0 saturated carbocycles. The van der Waals surface area contributed by atoms with Crippen LogP contribution in [0.3, 0.4) is 0 Å². The summed E-state index contributed by atoms with van der Waals surface area (Å²) in [5, 5.41) is 9.38. The fourth-order valence-electron chi connectivity index (χ4n) is 2.48. The first-order chi connectivity index (χ1) is 9.18. The number of aryl methyl sites for hydroxylation is 1. The van der Waals surface area contributed by atoms with Gasteiger partial charge in [-0.25, -0.2) is 0 Å². The highest BCUT2D eigenvalue weighted by molar-refractivity contribution is 5.27. The molecule has 1 N–H and O–H groups in total. The molecule has 0 saturated heterocycles. The minimum absolute atomic E-state index is 0.391. The van der Waals surface area contributed by atoms with E-state index in [4.69, 9.17) is 0 Å². The van der Waals surface area contributed by atoms with Crippen molar-refractivity contribution in [3.05, 3.63) is 29.8 Å². The number of aromatic hydroxyl groups is 1. The maximum Gasteiger partial charge on any atom is 0.115 e. The minimum Gasteiger partial charge on any atom is -0.508 e. The zero-order valence-corrected chi connectivity index (χ0v) is 12.7. The summed E-state index contributed by atoms with van der Waals surface area (Å²) in [5.41, 5.74) is 1.26. The fourth-order valence-corrected chi connectivity index (χ4v) is 2.48. The smallest absolute Gasteiger partial charge is 0.115 e. The van der Waals surface area contributed by atoms with Crippen molar-refractivity contribution in [1.29, 1.82) is 0 Å². The van der Waals surface area contributed by atoms with Crippen molar-refractivity contribution in [1.82, 2.24) is 0 Å². The van der Waals surface area contributed by atoms with Crippen molar-refractivity contribution in [2.75, 3.05) is 0 Å². The van der Waals surface area contributed by atoms with Crippen molar-refractivity contribution < 1.29 is 5.11 Å². The second-order valence-electron chi connectivity index (χ2n) is 6.08. The third-order valence-electron chi connectivity index (χ3n) is 3.66. The van der Waals surface area contributed by atoms with Crippen molar-refractivity contribution in [2.45, 2.75) is 71.6 Å². The van der Waals surface area contributed by atoms with E-state index >= 15 is 0 Å². The van der Waals surface area contributed by atoms with Crippen LogP contribution < -0.4 is 0 Å². The topological polar surface area (TPSA) is 20.2 Å². The first kappa shape index (κ1) is 16.1. The molecule has 0 aromatic heterocycles. The molecule has 19 heavy (non-hydrogen) atoms. The summed E-state index contributed by atoms with van der Waals surface area (Å²) in [6.45, 7) is 4.61. The Morgan fingerprint density at radius 3 is 2.16 bits per heavy atom. The second-order valence-corrected chi connectivity index (χ2v) is 6.08. The van der Waals surface area contributed by atoms with Gasteiger partial charge >= 0.3 is 0 Å². The molecule has 0 amide bonds. The molecule has 1 heteroatoms. The number of hydrogen-bond acceptors (Lipinski definition) is 1. The van der Waals surface area contributed by atoms with E-state index in [0.29, 0.717) is 5.75 Å². The van der Waals surface area contributed by atoms with Crippen LogP contribution in [-0.4, -0.2) is 5.11 Å². The Bertz CT molecular complexity index is 330. The molecule has 0 radical (unpaired) electrons. The van der Waals surface area contributed by atoms with Crippen LogP contribution in [0.4, 0.5) is 0 Å². The molecule has 0 bridgehead atoms. The van der Waals surface area contributed by atoms with Gasteiger partial charge in [-0.15, -0.1) is 0 Å². The summed E-state index contributed by atoms with van der Waals surface area (Å²) in [6, 6.07) is 7.65. The van der Waals surface area contributed by atoms with Crippen LogP contribution in [0.15, 0.2) is 24.3 Å². The van der Waals surface area contributed by atoms with Gasteiger partial charge < -0.3 is 5.11 Å². The number of unbranched alkanes of at least 4 members (excludes halogenated alkanes) is 6. The van der Waals surface area contributed by atoms with Crippen LogP contribution >= 0.6 is 0 Å². The molecule has 1 aromatic rings. The Kier molecular flexibility index (Phi) is 8.36. The summed E-state index contributed by atoms with van der Waals surface area (Å²) >= 11 is 0. The Labute approximate surface area is 119 Å². The largest absolute Gasteiger partial charge is 0.508 e. The van der Waals surface area contributed by atoms with Crippen LogP contribution in [0.25, 0.3) is 0 Å². The fraction of sp³-hybridized carbons (Fsp3) is 0.667. The van der Waals surface area contributed by atoms with Gasteiger partial charge in [0, 0.05) is 0 Å². The Hall–Kier alpha value is -0.980. The van der Waals surface area contributed by atoms with E-state index in [-0.39, 0.29) is 0 Å². The molecular formula is C18H30O. The Balaban J connectivity index is 1.91. The van der Waals surface area contributed by atoms with E-state index in [1.165, 1.54) is 56.9 Å². The van der Waals surface area contributed by atoms with Crippen LogP contribution in [0.2, 0.25) is 0 Å². The van der Waals surface area contributed by atoms with E-state index in [1.54, 1.807) is 6.07 Å². The van der Waals surface area contributed by atoms with E-state index in [0.717, 1.165) is 12.3 Å². The maximum atomic E-state index is 9.38. The first-order valence-electron chi connectivity index (χ1n) is 7.96. The predicted molar refractivity (Wildman–Crippen MR) is 83.6 cm³/mol. The molecule has 0 aliphatic carbocycles. The molecular weight excluding hydrogens is 232 g/mol. The molecule has 0 aliphatic heterocycles. The highest BCUT2D eigenvalue weighted by atomic mass is 16.3. The van der Waals surface area contributed by atoms with E-state index in [2.05, 4.69) is 19.9 Å². The number of hydrogen-bond donors (Lipinski definition) is 1. The van der Waals surface area contributed by atoms with Gasteiger partial charge in [0.1, 0.15) is 5.75 Å². The zero-order valence-electron chi connectivity index (χ0n) is 12.7. The van der Waals surface area contributed by atoms with Gasteiger partial charge in [0.05, 0.1) is 0 Å². The van der Waals surface area contributed by atoms with Gasteiger partial charge in [0.25, 0.3) is 0 Å². The molecule has 0 aliphatic rings. The van der Waals surface area contributed by atoms with Gasteiger partial charge in [0.15, 0.2) is 0 Å². The van der Waals surface area contributed by atoms with Gasteiger partial charge in [-0.1, -0.05) is 70.9 Å². The predicted octanol–water partition coefficient (Wildman–Crippen LogP) is 5.71. The molecule has 108 valence electrons. The average Bonchev–Trinajstić information content (AvgIpc) is 2.36. The first-order valence-corrected chi connectivity index (χ1v) is 7.96. The van der Waals surface area contributed by atoms with Crippen molar-refractivity contribution in [3.8, 4) is 5.75 Å². The lowest BCUT2D eigenvalue weighted by atomic mass is 10.0. The maximum absolute atomic E-state index is 9.38. The van der Waals surface area contributed by atoms with Crippen LogP contribution in [0, 0.1) is 5.92 Å². The monoisotopic (exact) mass is 262 g/mol. The normalized spacial score (nSPS) is 11.1. The molecule has 0 atom stereocenters. The number of rotatable bonds is 10. The summed E-state index contributed by atoms with van der Waals surface area (Å²) in [5.74, 6) is 1.25. The summed E-state index contributed by atoms with van der Waals surface area (Å²) < 4.78 is 0. The van der Waals surface area contributed by atoms with E-state index in [9.17, 15) is 5.11 Å². The molecule has 0 heterocycles. The third kappa shape index (κ3) is 8.69. The lowest BCUT2D eigenvalue weighted by Crippen LogP contribution is -1.88. The minimum atomic E-state index is 0.391. The number of benzene rings is 1. The molecule has 1 nitrogen and oxygen atoms in total. The van der Waals surface area contributed by atoms with Gasteiger partial charge in [-0.3, -0.25) is 0 Å². The molecule has 0 spiro atoms. The highest BCUT2D eigenvalue weighted by Crippen LogP contribution is 2.15. The highest BCUT2D eigenvalue weighted by Gasteiger charge is 1.97. The van der Waals surface area contributed by atoms with Gasteiger partial charge in [-0.2, -0.15) is 0 Å². The number of phenols is 1. The summed E-state index contributed by atoms with van der Waals surface area (Å²) in [7, 11) is 0. The average molecular weight is 262 g/mol. The van der Waals surface area contributed by atoms with Gasteiger partial charge in [0.2, 0.25) is 0 Å². The Morgan fingerprint density at radius 2 is 1.53 bits per heavy atom. The molecule has 0 unspecified atom stereocenters. The lowest BCUT2D eigenvalue weighted by molar-refractivity contribution is 0.474. The van der Waals surface area contributed by atoms with Crippen molar-refractivity contribution in [2.24, 2.45) is 5.92 Å². The molecule has 0 fully saturated rings. The molecule has 1 aromatic carbocycles. The van der Waals surface area contributed by atoms with Crippen LogP contribution in [-0.2, 0) is 6.42 Å². The second kappa shape index (κ2) is 9.89. The van der Waals surface area contributed by atoms with E-state index in [1.807, 2.05) is 12.1 Å². The van der Waals surface area contributed by atoms with Gasteiger partial charge in [-0.05, 0) is 36.5 Å². The Morgan fingerprint density at radius 1 is 0.895 bits per heavy atom. The lowest BCUT2D eigenvalue weighted by Gasteiger charge is -2.05. The van der Waals surface area contributed by atoms with Crippen molar-refractivity contribution >= 4 is 0 Å². The van der Waals surface area contributed by atoms with Crippen molar-refractivity contribution in [3.63, 3.8) is 0 Å². The quantitative estimate of drug-likeness (QED) is 0.535. The summed E-state index contributed by atoms with van der Waals surface area (Å²) in [6.07, 6.45) is 12.0. The third-order valence-corrected chi connectivity index (χ3v) is 3.66. The standard InChI is InChI=1S/C18H30O/c1-16(2)11-8-6-4-3-5-7-9-12-17-13-10-14-18(19)15-17/h10,13-16,19H,3-9,11-12H2,1-2H3. The van der Waals surface area contributed by atoms with Crippen LogP contribution in [0.1, 0.15) is 70.8 Å². The number of phenolic OH excluding ortho intramolecular Hbond substituents is 1. The zero-order chi connectivity index (χ0) is 13.9. The van der Waals surface area contributed by atoms with Crippen LogP contribution in [0.5, 0.6) is 5.75 Å².